The maximum absolute atomic E-state index is 12.4. The maximum Gasteiger partial charge on any atom is 0.320 e. The van der Waals surface area contributed by atoms with Gasteiger partial charge in [0.15, 0.2) is 0 Å². The lowest BCUT2D eigenvalue weighted by atomic mass is 9.99. The number of likely N-dealkylation sites (N-methyl/N-ethyl adjacent to an activating group) is 1. The van der Waals surface area contributed by atoms with E-state index in [-0.39, 0.29) is 11.9 Å². The van der Waals surface area contributed by atoms with Crippen LogP contribution in [0, 0.1) is 11.8 Å². The largest absolute Gasteiger partial charge is 0.481 e. The van der Waals surface area contributed by atoms with E-state index in [0.717, 1.165) is 19.6 Å². The summed E-state index contributed by atoms with van der Waals surface area (Å²) in [4.78, 5) is 29.3. The summed E-state index contributed by atoms with van der Waals surface area (Å²) in [5.41, 5.74) is 0. The van der Waals surface area contributed by atoms with Crippen molar-refractivity contribution in [2.45, 2.75) is 19.9 Å². The summed E-state index contributed by atoms with van der Waals surface area (Å²) >= 11 is 0. The number of amides is 2. The van der Waals surface area contributed by atoms with Gasteiger partial charge in [-0.2, -0.15) is 0 Å². The van der Waals surface area contributed by atoms with Crippen LogP contribution in [0.5, 0.6) is 0 Å². The van der Waals surface area contributed by atoms with E-state index < -0.39 is 11.9 Å². The molecule has 2 rings (SSSR count). The smallest absolute Gasteiger partial charge is 0.320 e. The standard InChI is InChI=1S/C13H23N3O3/c1-9-6-16(8-11(9)12(17)18)13(19)15-5-4-14(3)10(2)7-15/h9-11H,4-8H2,1-3H3,(H,17,18). The van der Waals surface area contributed by atoms with Crippen molar-refractivity contribution in [2.75, 3.05) is 39.8 Å². The lowest BCUT2D eigenvalue weighted by Crippen LogP contribution is -2.55. The van der Waals surface area contributed by atoms with Gasteiger partial charge in [0.05, 0.1) is 5.92 Å². The molecule has 3 unspecified atom stereocenters. The summed E-state index contributed by atoms with van der Waals surface area (Å²) < 4.78 is 0. The Morgan fingerprint density at radius 2 is 1.74 bits per heavy atom. The van der Waals surface area contributed by atoms with Crippen LogP contribution in [-0.4, -0.2) is 77.6 Å². The third-order valence-electron chi connectivity index (χ3n) is 4.43. The fourth-order valence-corrected chi connectivity index (χ4v) is 2.87. The molecule has 3 atom stereocenters. The zero-order chi connectivity index (χ0) is 14.2. The number of likely N-dealkylation sites (tertiary alicyclic amines) is 1. The number of nitrogens with zero attached hydrogens (tertiary/aromatic N) is 3. The molecule has 108 valence electrons. The summed E-state index contributed by atoms with van der Waals surface area (Å²) in [5, 5.41) is 9.11. The van der Waals surface area contributed by atoms with Gasteiger partial charge in [0.25, 0.3) is 0 Å². The predicted molar refractivity (Wildman–Crippen MR) is 70.9 cm³/mol. The minimum absolute atomic E-state index is 0.00412. The molecular formula is C13H23N3O3. The predicted octanol–water partition coefficient (Wildman–Crippen LogP) is 0.395. The van der Waals surface area contributed by atoms with Crippen LogP contribution in [0.25, 0.3) is 0 Å². The average Bonchev–Trinajstić information content (AvgIpc) is 2.74. The third-order valence-corrected chi connectivity index (χ3v) is 4.43. The van der Waals surface area contributed by atoms with E-state index in [1.54, 1.807) is 4.90 Å². The van der Waals surface area contributed by atoms with Crippen molar-refractivity contribution in [1.82, 2.24) is 14.7 Å². The van der Waals surface area contributed by atoms with Gasteiger partial charge in [-0.3, -0.25) is 4.79 Å². The summed E-state index contributed by atoms with van der Waals surface area (Å²) in [5.74, 6) is -1.19. The molecule has 2 aliphatic heterocycles. The second-order valence-electron chi connectivity index (χ2n) is 5.89. The highest BCUT2D eigenvalue weighted by molar-refractivity contribution is 5.78. The number of aliphatic carboxylic acids is 1. The number of urea groups is 1. The quantitative estimate of drug-likeness (QED) is 0.748. The number of piperazine rings is 1. The first-order valence-electron chi connectivity index (χ1n) is 6.87. The zero-order valence-electron chi connectivity index (χ0n) is 11.9. The van der Waals surface area contributed by atoms with E-state index >= 15 is 0 Å². The first-order chi connectivity index (χ1) is 8.90. The molecule has 2 fully saturated rings. The van der Waals surface area contributed by atoms with E-state index in [0.29, 0.717) is 19.1 Å². The van der Waals surface area contributed by atoms with Gasteiger partial charge in [0.2, 0.25) is 0 Å². The molecule has 0 aromatic carbocycles. The zero-order valence-corrected chi connectivity index (χ0v) is 11.9. The molecule has 0 saturated carbocycles. The molecule has 0 radical (unpaired) electrons. The summed E-state index contributed by atoms with van der Waals surface area (Å²) in [7, 11) is 2.06. The Labute approximate surface area is 114 Å². The van der Waals surface area contributed by atoms with Crippen molar-refractivity contribution in [3.63, 3.8) is 0 Å². The molecule has 2 heterocycles. The molecule has 6 heteroatoms. The first kappa shape index (κ1) is 14.1. The maximum atomic E-state index is 12.4. The fraction of sp³-hybridized carbons (Fsp3) is 0.846. The van der Waals surface area contributed by atoms with E-state index in [4.69, 9.17) is 5.11 Å². The van der Waals surface area contributed by atoms with Crippen LogP contribution in [-0.2, 0) is 4.79 Å². The van der Waals surface area contributed by atoms with Crippen molar-refractivity contribution in [3.8, 4) is 0 Å². The molecule has 2 saturated heterocycles. The summed E-state index contributed by atoms with van der Waals surface area (Å²) in [6.07, 6.45) is 0. The summed E-state index contributed by atoms with van der Waals surface area (Å²) in [6, 6.07) is 0.351. The minimum Gasteiger partial charge on any atom is -0.481 e. The number of carboxylic acid groups (broad SMARTS) is 1. The number of carbonyl (C=O) groups excluding carboxylic acids is 1. The Balaban J connectivity index is 1.96. The topological polar surface area (TPSA) is 64.1 Å². The molecule has 0 bridgehead atoms. The SMILES string of the molecule is CC1CN(C(=O)N2CCN(C)C(C)C2)CC1C(=O)O. The Hall–Kier alpha value is -1.30. The molecule has 0 aliphatic carbocycles. The molecule has 0 aromatic heterocycles. The lowest BCUT2D eigenvalue weighted by molar-refractivity contribution is -0.142. The Bertz CT molecular complexity index is 374. The second kappa shape index (κ2) is 5.36. The van der Waals surface area contributed by atoms with Gasteiger partial charge >= 0.3 is 12.0 Å². The van der Waals surface area contributed by atoms with E-state index in [1.807, 2.05) is 11.8 Å². The number of carbonyl (C=O) groups is 2. The van der Waals surface area contributed by atoms with Gasteiger partial charge in [-0.1, -0.05) is 6.92 Å². The van der Waals surface area contributed by atoms with E-state index in [2.05, 4.69) is 18.9 Å². The fourth-order valence-electron chi connectivity index (χ4n) is 2.87. The average molecular weight is 269 g/mol. The van der Waals surface area contributed by atoms with Crippen LogP contribution in [0.2, 0.25) is 0 Å². The van der Waals surface area contributed by atoms with Crippen molar-refractivity contribution >= 4 is 12.0 Å². The van der Waals surface area contributed by atoms with E-state index in [9.17, 15) is 9.59 Å². The highest BCUT2D eigenvalue weighted by atomic mass is 16.4. The molecule has 19 heavy (non-hydrogen) atoms. The van der Waals surface area contributed by atoms with Gasteiger partial charge in [-0.15, -0.1) is 0 Å². The minimum atomic E-state index is -0.797. The number of hydrogen-bond donors (Lipinski definition) is 1. The Morgan fingerprint density at radius 3 is 2.26 bits per heavy atom. The highest BCUT2D eigenvalue weighted by Gasteiger charge is 2.39. The summed E-state index contributed by atoms with van der Waals surface area (Å²) in [6.45, 7) is 7.22. The van der Waals surface area contributed by atoms with Crippen molar-refractivity contribution in [3.05, 3.63) is 0 Å². The first-order valence-corrected chi connectivity index (χ1v) is 6.87. The van der Waals surface area contributed by atoms with Gasteiger partial charge < -0.3 is 19.8 Å². The molecular weight excluding hydrogens is 246 g/mol. The van der Waals surface area contributed by atoms with Crippen LogP contribution in [0.3, 0.4) is 0 Å². The van der Waals surface area contributed by atoms with Crippen molar-refractivity contribution in [1.29, 1.82) is 0 Å². The molecule has 6 nitrogen and oxygen atoms in total. The van der Waals surface area contributed by atoms with Crippen LogP contribution < -0.4 is 0 Å². The van der Waals surface area contributed by atoms with Gasteiger partial charge in [-0.25, -0.2) is 4.79 Å². The third kappa shape index (κ3) is 2.83. The Kier molecular flexibility index (Phi) is 3.99. The Morgan fingerprint density at radius 1 is 1.05 bits per heavy atom. The van der Waals surface area contributed by atoms with Gasteiger partial charge in [0.1, 0.15) is 0 Å². The van der Waals surface area contributed by atoms with Crippen LogP contribution in [0.1, 0.15) is 13.8 Å². The molecule has 0 spiro atoms. The number of carboxylic acids is 1. The molecule has 1 N–H and O–H groups in total. The van der Waals surface area contributed by atoms with Crippen LogP contribution in [0.15, 0.2) is 0 Å². The van der Waals surface area contributed by atoms with Crippen molar-refractivity contribution in [2.24, 2.45) is 11.8 Å². The molecule has 2 aliphatic rings. The van der Waals surface area contributed by atoms with Crippen molar-refractivity contribution < 1.29 is 14.7 Å². The second-order valence-corrected chi connectivity index (χ2v) is 5.89. The lowest BCUT2D eigenvalue weighted by Gasteiger charge is -2.39. The molecule has 2 amide bonds. The van der Waals surface area contributed by atoms with Gasteiger partial charge in [-0.05, 0) is 19.9 Å². The molecule has 0 aromatic rings. The normalized spacial score (nSPS) is 32.7. The van der Waals surface area contributed by atoms with Crippen LogP contribution in [0.4, 0.5) is 4.79 Å². The van der Waals surface area contributed by atoms with E-state index in [1.165, 1.54) is 0 Å². The monoisotopic (exact) mass is 269 g/mol. The van der Waals surface area contributed by atoms with Gasteiger partial charge in [0, 0.05) is 38.8 Å². The highest BCUT2D eigenvalue weighted by Crippen LogP contribution is 2.24. The van der Waals surface area contributed by atoms with Crippen LogP contribution >= 0.6 is 0 Å². The number of rotatable bonds is 1. The number of hydrogen-bond acceptors (Lipinski definition) is 3.